The van der Waals surface area contributed by atoms with E-state index in [4.69, 9.17) is 0 Å². The van der Waals surface area contributed by atoms with E-state index in [1.165, 1.54) is 28.5 Å². The summed E-state index contributed by atoms with van der Waals surface area (Å²) >= 11 is 1.37. The smallest absolute Gasteiger partial charge is 0.236 e. The lowest BCUT2D eigenvalue weighted by Crippen LogP contribution is -2.19. The van der Waals surface area contributed by atoms with Crippen LogP contribution in [0.1, 0.15) is 22.3 Å². The molecule has 0 aromatic heterocycles. The van der Waals surface area contributed by atoms with Gasteiger partial charge in [0.1, 0.15) is 0 Å². The van der Waals surface area contributed by atoms with Gasteiger partial charge in [0.2, 0.25) is 5.91 Å². The SMILES string of the molecule is Cc1cc(C)c(C=NN=C2NC(=O)CS2)c(C)c1. The number of nitrogens with zero attached hydrogens (tertiary/aromatic N) is 2. The zero-order valence-electron chi connectivity index (χ0n) is 10.7. The first-order valence-electron chi connectivity index (χ1n) is 5.68. The van der Waals surface area contributed by atoms with Gasteiger partial charge >= 0.3 is 0 Å². The fourth-order valence-corrected chi connectivity index (χ4v) is 2.54. The van der Waals surface area contributed by atoms with Crippen LogP contribution in [0.25, 0.3) is 0 Å². The van der Waals surface area contributed by atoms with E-state index in [2.05, 4.69) is 48.4 Å². The maximum Gasteiger partial charge on any atom is 0.236 e. The molecule has 1 aliphatic heterocycles. The van der Waals surface area contributed by atoms with Gasteiger partial charge in [-0.25, -0.2) is 0 Å². The van der Waals surface area contributed by atoms with Gasteiger partial charge in [-0.1, -0.05) is 29.5 Å². The van der Waals surface area contributed by atoms with E-state index >= 15 is 0 Å². The Morgan fingerprint density at radius 2 is 1.94 bits per heavy atom. The molecule has 0 radical (unpaired) electrons. The van der Waals surface area contributed by atoms with Crippen molar-refractivity contribution in [1.82, 2.24) is 5.32 Å². The molecule has 0 unspecified atom stereocenters. The average Bonchev–Trinajstić information content (AvgIpc) is 2.68. The van der Waals surface area contributed by atoms with E-state index in [0.29, 0.717) is 10.9 Å². The normalized spacial score (nSPS) is 17.7. The summed E-state index contributed by atoms with van der Waals surface area (Å²) in [4.78, 5) is 11.0. The maximum absolute atomic E-state index is 11.0. The number of carbonyl (C=O) groups excluding carboxylic acids is 1. The fourth-order valence-electron chi connectivity index (χ4n) is 1.91. The molecule has 1 aromatic rings. The molecule has 18 heavy (non-hydrogen) atoms. The molecule has 5 heteroatoms. The van der Waals surface area contributed by atoms with E-state index in [1.807, 2.05) is 0 Å². The molecule has 0 bridgehead atoms. The van der Waals surface area contributed by atoms with Crippen molar-refractivity contribution in [1.29, 1.82) is 0 Å². The average molecular weight is 261 g/mol. The quantitative estimate of drug-likeness (QED) is 0.655. The van der Waals surface area contributed by atoms with Gasteiger partial charge in [0.05, 0.1) is 12.0 Å². The molecule has 4 nitrogen and oxygen atoms in total. The van der Waals surface area contributed by atoms with Gasteiger partial charge in [-0.05, 0) is 31.9 Å². The monoisotopic (exact) mass is 261 g/mol. The molecular weight excluding hydrogens is 246 g/mol. The molecule has 1 aromatic carbocycles. The molecule has 2 rings (SSSR count). The van der Waals surface area contributed by atoms with Crippen LogP contribution in [-0.2, 0) is 4.79 Å². The van der Waals surface area contributed by atoms with Crippen molar-refractivity contribution in [3.05, 3.63) is 34.4 Å². The van der Waals surface area contributed by atoms with Gasteiger partial charge < -0.3 is 5.32 Å². The molecule has 0 spiro atoms. The lowest BCUT2D eigenvalue weighted by molar-refractivity contribution is -0.116. The summed E-state index contributed by atoms with van der Waals surface area (Å²) in [6, 6.07) is 4.24. The summed E-state index contributed by atoms with van der Waals surface area (Å²) in [5.41, 5.74) is 4.69. The Bertz CT molecular complexity index is 526. The van der Waals surface area contributed by atoms with Gasteiger partial charge in [-0.15, -0.1) is 5.10 Å². The number of hydrogen-bond acceptors (Lipinski definition) is 4. The number of amides is 1. The fraction of sp³-hybridized carbons (Fsp3) is 0.308. The highest BCUT2D eigenvalue weighted by Gasteiger charge is 2.15. The van der Waals surface area contributed by atoms with Gasteiger partial charge in [0.25, 0.3) is 0 Å². The summed E-state index contributed by atoms with van der Waals surface area (Å²) in [6.07, 6.45) is 1.74. The molecular formula is C13H15N3OS. The topological polar surface area (TPSA) is 53.8 Å². The minimum Gasteiger partial charge on any atom is -0.303 e. The Morgan fingerprint density at radius 3 is 2.50 bits per heavy atom. The lowest BCUT2D eigenvalue weighted by atomic mass is 10.0. The molecule has 1 fully saturated rings. The van der Waals surface area contributed by atoms with Crippen LogP contribution < -0.4 is 5.32 Å². The largest absolute Gasteiger partial charge is 0.303 e. The summed E-state index contributed by atoms with van der Waals surface area (Å²) in [5.74, 6) is 0.411. The Hall–Kier alpha value is -1.62. The van der Waals surface area contributed by atoms with Crippen molar-refractivity contribution in [2.45, 2.75) is 20.8 Å². The van der Waals surface area contributed by atoms with Crippen LogP contribution in [0.3, 0.4) is 0 Å². The van der Waals surface area contributed by atoms with Crippen LogP contribution >= 0.6 is 11.8 Å². The number of rotatable bonds is 2. The zero-order valence-corrected chi connectivity index (χ0v) is 11.5. The van der Waals surface area contributed by atoms with Crippen LogP contribution in [0, 0.1) is 20.8 Å². The van der Waals surface area contributed by atoms with Crippen molar-refractivity contribution in [2.75, 3.05) is 5.75 Å². The van der Waals surface area contributed by atoms with Crippen LogP contribution in [0.15, 0.2) is 22.3 Å². The lowest BCUT2D eigenvalue weighted by Gasteiger charge is -2.05. The summed E-state index contributed by atoms with van der Waals surface area (Å²) in [7, 11) is 0. The van der Waals surface area contributed by atoms with E-state index in [0.717, 1.165) is 5.56 Å². The van der Waals surface area contributed by atoms with Crippen molar-refractivity contribution >= 4 is 29.1 Å². The highest BCUT2D eigenvalue weighted by molar-refractivity contribution is 8.15. The molecule has 94 valence electrons. The van der Waals surface area contributed by atoms with Gasteiger partial charge in [0, 0.05) is 5.56 Å². The van der Waals surface area contributed by atoms with Crippen LogP contribution in [0.5, 0.6) is 0 Å². The predicted molar refractivity (Wildman–Crippen MR) is 76.3 cm³/mol. The zero-order chi connectivity index (χ0) is 13.1. The first-order valence-corrected chi connectivity index (χ1v) is 6.66. The molecule has 0 saturated carbocycles. The summed E-state index contributed by atoms with van der Waals surface area (Å²) < 4.78 is 0. The first kappa shape index (κ1) is 12.8. The van der Waals surface area contributed by atoms with Crippen molar-refractivity contribution in [3.8, 4) is 0 Å². The number of aryl methyl sites for hydroxylation is 3. The molecule has 1 N–H and O–H groups in total. The molecule has 1 aliphatic rings. The van der Waals surface area contributed by atoms with E-state index < -0.39 is 0 Å². The van der Waals surface area contributed by atoms with Gasteiger partial charge in [0.15, 0.2) is 5.17 Å². The van der Waals surface area contributed by atoms with E-state index in [-0.39, 0.29) is 5.91 Å². The summed E-state index contributed by atoms with van der Waals surface area (Å²) in [5, 5.41) is 11.2. The Balaban J connectivity index is 2.17. The predicted octanol–water partition coefficient (Wildman–Crippen LogP) is 2.16. The number of carbonyl (C=O) groups is 1. The molecule has 1 amide bonds. The maximum atomic E-state index is 11.0. The van der Waals surface area contributed by atoms with Crippen LogP contribution in [-0.4, -0.2) is 23.0 Å². The number of thioether (sulfide) groups is 1. The third-order valence-electron chi connectivity index (χ3n) is 2.66. The second kappa shape index (κ2) is 5.35. The molecule has 1 saturated heterocycles. The number of benzene rings is 1. The van der Waals surface area contributed by atoms with Gasteiger partial charge in [-0.3, -0.25) is 4.79 Å². The van der Waals surface area contributed by atoms with Crippen molar-refractivity contribution in [3.63, 3.8) is 0 Å². The summed E-state index contributed by atoms with van der Waals surface area (Å²) in [6.45, 7) is 6.19. The Labute approximate surface area is 111 Å². The van der Waals surface area contributed by atoms with Crippen molar-refractivity contribution in [2.24, 2.45) is 10.2 Å². The molecule has 0 atom stereocenters. The Morgan fingerprint density at radius 1 is 1.28 bits per heavy atom. The second-order valence-electron chi connectivity index (χ2n) is 4.30. The number of hydrogen-bond donors (Lipinski definition) is 1. The first-order chi connectivity index (χ1) is 8.56. The highest BCUT2D eigenvalue weighted by Crippen LogP contribution is 2.14. The van der Waals surface area contributed by atoms with Crippen molar-refractivity contribution < 1.29 is 4.79 Å². The Kier molecular flexibility index (Phi) is 3.81. The molecule has 1 heterocycles. The van der Waals surface area contributed by atoms with Gasteiger partial charge in [-0.2, -0.15) is 5.10 Å². The van der Waals surface area contributed by atoms with Crippen LogP contribution in [0.4, 0.5) is 0 Å². The van der Waals surface area contributed by atoms with E-state index in [9.17, 15) is 4.79 Å². The highest BCUT2D eigenvalue weighted by atomic mass is 32.2. The third-order valence-corrected chi connectivity index (χ3v) is 3.52. The standard InChI is InChI=1S/C13H15N3OS/c1-8-4-9(2)11(10(3)5-8)6-14-16-13-15-12(17)7-18-13/h4-6H,7H2,1-3H3,(H,15,16,17). The number of nitrogens with one attached hydrogen (secondary N) is 1. The second-order valence-corrected chi connectivity index (χ2v) is 5.26. The minimum atomic E-state index is -0.0170. The van der Waals surface area contributed by atoms with E-state index in [1.54, 1.807) is 6.21 Å². The minimum absolute atomic E-state index is 0.0170. The third kappa shape index (κ3) is 2.98. The number of amidine groups is 1. The van der Waals surface area contributed by atoms with Crippen LogP contribution in [0.2, 0.25) is 0 Å². The molecule has 0 aliphatic carbocycles.